The number of pyridine rings is 1. The molecule has 0 unspecified atom stereocenters. The fourth-order valence-corrected chi connectivity index (χ4v) is 5.85. The number of methoxy groups -OCH3 is 1. The molecule has 2 aliphatic heterocycles. The second kappa shape index (κ2) is 10.5. The summed E-state index contributed by atoms with van der Waals surface area (Å²) < 4.78 is 14.1. The van der Waals surface area contributed by atoms with E-state index >= 15 is 0 Å². The highest BCUT2D eigenvalue weighted by molar-refractivity contribution is 5.90. The SMILES string of the molecule is COC(=O)c1cc(-c2cnn(C)c2OCCN2CC3CCC(Nc4ccccc4N)(CC3)C2)c(=O)n(C)c1. The molecule has 2 aromatic heterocycles. The molecule has 2 bridgehead atoms. The van der Waals surface area contributed by atoms with E-state index < -0.39 is 5.97 Å². The van der Waals surface area contributed by atoms with Crippen molar-refractivity contribution in [2.75, 3.05) is 44.4 Å². The van der Waals surface area contributed by atoms with Crippen LogP contribution in [0.25, 0.3) is 11.1 Å². The molecule has 202 valence electrons. The Labute approximate surface area is 222 Å². The third kappa shape index (κ3) is 5.13. The lowest BCUT2D eigenvalue weighted by atomic mass is 9.78. The normalized spacial score (nSPS) is 21.2. The summed E-state index contributed by atoms with van der Waals surface area (Å²) >= 11 is 0. The molecule has 0 spiro atoms. The van der Waals surface area contributed by atoms with Gasteiger partial charge in [0.1, 0.15) is 6.61 Å². The number of aryl methyl sites for hydroxylation is 2. The summed E-state index contributed by atoms with van der Waals surface area (Å²) in [5.41, 5.74) is 8.94. The summed E-state index contributed by atoms with van der Waals surface area (Å²) in [5.74, 6) is 0.660. The van der Waals surface area contributed by atoms with E-state index in [-0.39, 0.29) is 16.7 Å². The zero-order valence-electron chi connectivity index (χ0n) is 22.3. The van der Waals surface area contributed by atoms with Crippen molar-refractivity contribution in [2.45, 2.75) is 31.2 Å². The smallest absolute Gasteiger partial charge is 0.339 e. The molecule has 1 saturated carbocycles. The Morgan fingerprint density at radius 3 is 2.71 bits per heavy atom. The Morgan fingerprint density at radius 1 is 1.21 bits per heavy atom. The lowest BCUT2D eigenvalue weighted by Crippen LogP contribution is -2.48. The molecule has 2 saturated heterocycles. The molecule has 3 aromatic rings. The standard InChI is InChI=1S/C28H36N6O4/c1-32-17-20(27(36)37-3)14-21(25(32)35)22-15-30-33(2)26(22)38-13-12-34-16-19-8-10-28(18-34,11-9-19)31-24-7-5-4-6-23(24)29/h4-7,14-15,17,19,31H,8-13,16,18,29H2,1-3H3. The first-order chi connectivity index (χ1) is 18.3. The highest BCUT2D eigenvalue weighted by atomic mass is 16.5. The van der Waals surface area contributed by atoms with Crippen LogP contribution in [0.1, 0.15) is 36.0 Å². The lowest BCUT2D eigenvalue weighted by Gasteiger charge is -2.39. The predicted octanol–water partition coefficient (Wildman–Crippen LogP) is 2.89. The molecule has 38 heavy (non-hydrogen) atoms. The minimum atomic E-state index is -0.510. The van der Waals surface area contributed by atoms with Gasteiger partial charge in [-0.15, -0.1) is 0 Å². The molecule has 4 heterocycles. The molecular formula is C28H36N6O4. The number of nitrogen functional groups attached to an aromatic ring is 1. The van der Waals surface area contributed by atoms with Gasteiger partial charge < -0.3 is 25.1 Å². The van der Waals surface area contributed by atoms with E-state index in [9.17, 15) is 9.59 Å². The summed E-state index contributed by atoms with van der Waals surface area (Å²) in [6.07, 6.45) is 7.70. The molecule has 0 amide bonds. The molecule has 1 aliphatic carbocycles. The van der Waals surface area contributed by atoms with E-state index in [2.05, 4.69) is 21.4 Å². The maximum Gasteiger partial charge on any atom is 0.339 e. The van der Waals surface area contributed by atoms with Gasteiger partial charge in [-0.3, -0.25) is 9.69 Å². The summed E-state index contributed by atoms with van der Waals surface area (Å²) in [7, 11) is 4.70. The van der Waals surface area contributed by atoms with E-state index in [1.807, 2.05) is 18.2 Å². The Bertz CT molecular complexity index is 1370. The second-order valence-corrected chi connectivity index (χ2v) is 10.6. The number of para-hydroxylation sites is 2. The van der Waals surface area contributed by atoms with Crippen molar-refractivity contribution in [2.24, 2.45) is 20.0 Å². The van der Waals surface area contributed by atoms with Gasteiger partial charge in [0.2, 0.25) is 5.88 Å². The fourth-order valence-electron chi connectivity index (χ4n) is 5.85. The third-order valence-electron chi connectivity index (χ3n) is 7.89. The van der Waals surface area contributed by atoms with Gasteiger partial charge in [-0.1, -0.05) is 12.1 Å². The van der Waals surface area contributed by atoms with E-state index in [4.69, 9.17) is 15.2 Å². The minimum absolute atomic E-state index is 0.0132. The summed E-state index contributed by atoms with van der Waals surface area (Å²) in [6.45, 7) is 3.15. The van der Waals surface area contributed by atoms with Crippen LogP contribution in [0, 0.1) is 5.92 Å². The zero-order chi connectivity index (χ0) is 26.9. The molecule has 6 rings (SSSR count). The van der Waals surface area contributed by atoms with E-state index in [1.54, 1.807) is 25.0 Å². The number of aromatic nitrogens is 3. The van der Waals surface area contributed by atoms with Crippen LogP contribution >= 0.6 is 0 Å². The quantitative estimate of drug-likeness (QED) is 0.344. The monoisotopic (exact) mass is 520 g/mol. The van der Waals surface area contributed by atoms with Gasteiger partial charge in [-0.05, 0) is 49.8 Å². The predicted molar refractivity (Wildman–Crippen MR) is 146 cm³/mol. The van der Waals surface area contributed by atoms with Crippen molar-refractivity contribution in [3.05, 3.63) is 58.6 Å². The van der Waals surface area contributed by atoms with Gasteiger partial charge in [0.15, 0.2) is 0 Å². The maximum absolute atomic E-state index is 12.9. The van der Waals surface area contributed by atoms with Crippen LogP contribution in [0.15, 0.2) is 47.5 Å². The number of fused-ring (bicyclic) bond motifs is 4. The van der Waals surface area contributed by atoms with E-state index in [1.165, 1.54) is 36.8 Å². The molecular weight excluding hydrogens is 484 g/mol. The molecule has 0 radical (unpaired) electrons. The second-order valence-electron chi connectivity index (χ2n) is 10.6. The van der Waals surface area contributed by atoms with Crippen molar-refractivity contribution < 1.29 is 14.3 Å². The number of ether oxygens (including phenoxy) is 2. The van der Waals surface area contributed by atoms with Crippen molar-refractivity contribution in [3.63, 3.8) is 0 Å². The first kappa shape index (κ1) is 25.8. The van der Waals surface area contributed by atoms with Crippen LogP contribution in [0.4, 0.5) is 11.4 Å². The van der Waals surface area contributed by atoms with E-state index in [0.717, 1.165) is 43.9 Å². The molecule has 0 atom stereocenters. The zero-order valence-corrected chi connectivity index (χ0v) is 22.3. The van der Waals surface area contributed by atoms with Crippen LogP contribution < -0.4 is 21.3 Å². The highest BCUT2D eigenvalue weighted by Crippen LogP contribution is 2.40. The number of rotatable bonds is 8. The third-order valence-corrected chi connectivity index (χ3v) is 7.89. The summed E-state index contributed by atoms with van der Waals surface area (Å²) in [6, 6.07) is 9.50. The lowest BCUT2D eigenvalue weighted by molar-refractivity contribution is 0.0599. The molecule has 1 aromatic carbocycles. The number of anilines is 2. The number of hydrogen-bond donors (Lipinski definition) is 2. The van der Waals surface area contributed by atoms with Crippen molar-refractivity contribution in [3.8, 4) is 17.0 Å². The highest BCUT2D eigenvalue weighted by Gasteiger charge is 2.41. The number of nitrogens with one attached hydrogen (secondary N) is 1. The summed E-state index contributed by atoms with van der Waals surface area (Å²) in [5, 5.41) is 8.13. The van der Waals surface area contributed by atoms with Gasteiger partial charge in [-0.2, -0.15) is 5.10 Å². The fraction of sp³-hybridized carbons (Fsp3) is 0.464. The number of carbonyl (C=O) groups is 1. The van der Waals surface area contributed by atoms with E-state index in [0.29, 0.717) is 29.5 Å². The van der Waals surface area contributed by atoms with Crippen molar-refractivity contribution >= 4 is 17.3 Å². The number of carbonyl (C=O) groups excluding carboxylic acids is 1. The van der Waals surface area contributed by atoms with Gasteiger partial charge in [0, 0.05) is 39.9 Å². The van der Waals surface area contributed by atoms with Gasteiger partial charge in [0.05, 0.1) is 46.9 Å². The van der Waals surface area contributed by atoms with Crippen LogP contribution in [-0.2, 0) is 18.8 Å². The Balaban J connectivity index is 1.31. The topological polar surface area (TPSA) is 117 Å². The number of nitrogens with two attached hydrogens (primary N) is 1. The first-order valence-corrected chi connectivity index (χ1v) is 13.1. The van der Waals surface area contributed by atoms with Crippen LogP contribution in [0.3, 0.4) is 0 Å². The largest absolute Gasteiger partial charge is 0.476 e. The van der Waals surface area contributed by atoms with Crippen LogP contribution in [0.2, 0.25) is 0 Å². The molecule has 10 nitrogen and oxygen atoms in total. The molecule has 3 aliphatic rings. The average molecular weight is 521 g/mol. The van der Waals surface area contributed by atoms with Crippen molar-refractivity contribution in [1.29, 1.82) is 0 Å². The van der Waals surface area contributed by atoms with Gasteiger partial charge in [0.25, 0.3) is 5.56 Å². The number of esters is 1. The van der Waals surface area contributed by atoms with Gasteiger partial charge in [-0.25, -0.2) is 9.48 Å². The molecule has 10 heteroatoms. The number of nitrogens with zero attached hydrogens (tertiary/aromatic N) is 4. The number of hydrogen-bond acceptors (Lipinski definition) is 8. The summed E-state index contributed by atoms with van der Waals surface area (Å²) in [4.78, 5) is 27.5. The number of benzene rings is 1. The van der Waals surface area contributed by atoms with Crippen LogP contribution in [-0.4, -0.2) is 64.1 Å². The average Bonchev–Trinajstić information content (AvgIpc) is 3.07. The molecule has 3 N–H and O–H groups in total. The Morgan fingerprint density at radius 2 is 1.97 bits per heavy atom. The first-order valence-electron chi connectivity index (χ1n) is 13.1. The maximum atomic E-state index is 12.9. The Kier molecular flexibility index (Phi) is 7.16. The minimum Gasteiger partial charge on any atom is -0.476 e. The van der Waals surface area contributed by atoms with Crippen LogP contribution in [0.5, 0.6) is 5.88 Å². The molecule has 3 fully saturated rings. The van der Waals surface area contributed by atoms with Crippen molar-refractivity contribution in [1.82, 2.24) is 19.2 Å². The Hall–Kier alpha value is -3.79. The van der Waals surface area contributed by atoms with Gasteiger partial charge >= 0.3 is 5.97 Å².